The van der Waals surface area contributed by atoms with E-state index in [4.69, 9.17) is 14.2 Å². The second-order valence-electron chi connectivity index (χ2n) is 6.57. The van der Waals surface area contributed by atoms with E-state index in [1.807, 2.05) is 30.3 Å². The second kappa shape index (κ2) is 9.94. The van der Waals surface area contributed by atoms with E-state index in [0.29, 0.717) is 38.4 Å². The molecule has 0 bridgehead atoms. The number of hydrogen-bond acceptors (Lipinski definition) is 5. The molecule has 0 saturated carbocycles. The predicted octanol–water partition coefficient (Wildman–Crippen LogP) is 3.21. The molecule has 28 heavy (non-hydrogen) atoms. The van der Waals surface area contributed by atoms with Crippen molar-refractivity contribution in [3.63, 3.8) is 0 Å². The molecule has 3 rings (SSSR count). The normalized spacial score (nSPS) is 16.5. The van der Waals surface area contributed by atoms with Crippen molar-refractivity contribution in [1.82, 2.24) is 10.2 Å². The number of halogens is 1. The van der Waals surface area contributed by atoms with Crippen LogP contribution in [0.1, 0.15) is 12.0 Å². The second-order valence-corrected chi connectivity index (χ2v) is 6.57. The summed E-state index contributed by atoms with van der Waals surface area (Å²) in [5.41, 5.74) is 0.956. The summed E-state index contributed by atoms with van der Waals surface area (Å²) in [5.74, 6) is 0.182. The quantitative estimate of drug-likeness (QED) is 0.789. The molecule has 1 amide bonds. The van der Waals surface area contributed by atoms with Gasteiger partial charge in [-0.1, -0.05) is 30.3 Å². The van der Waals surface area contributed by atoms with E-state index in [-0.39, 0.29) is 24.5 Å². The van der Waals surface area contributed by atoms with Crippen molar-refractivity contribution >= 4 is 6.09 Å². The molecular formula is C21H25FN2O4. The molecule has 0 spiro atoms. The Bertz CT molecular complexity index is 772. The first-order chi connectivity index (χ1) is 13.7. The van der Waals surface area contributed by atoms with Gasteiger partial charge in [-0.25, -0.2) is 9.18 Å². The Labute approximate surface area is 164 Å². The first-order valence-electron chi connectivity index (χ1n) is 9.31. The molecule has 0 unspecified atom stereocenters. The van der Waals surface area contributed by atoms with Crippen LogP contribution in [0, 0.1) is 5.82 Å². The van der Waals surface area contributed by atoms with Gasteiger partial charge in [-0.15, -0.1) is 0 Å². The van der Waals surface area contributed by atoms with Crippen molar-refractivity contribution in [3.05, 3.63) is 59.9 Å². The van der Waals surface area contributed by atoms with Gasteiger partial charge >= 0.3 is 6.09 Å². The number of carbonyl (C=O) groups excluding carboxylic acids is 1. The van der Waals surface area contributed by atoms with Crippen molar-refractivity contribution in [2.75, 3.05) is 33.4 Å². The van der Waals surface area contributed by atoms with Crippen LogP contribution in [0.25, 0.3) is 0 Å². The third kappa shape index (κ3) is 5.60. The van der Waals surface area contributed by atoms with E-state index in [1.54, 1.807) is 17.0 Å². The Kier molecular flexibility index (Phi) is 7.08. The minimum Gasteiger partial charge on any atom is -0.497 e. The van der Waals surface area contributed by atoms with Gasteiger partial charge in [0.1, 0.15) is 12.4 Å². The Hall–Kier alpha value is -2.80. The third-order valence-corrected chi connectivity index (χ3v) is 4.58. The minimum atomic E-state index is -0.456. The highest BCUT2D eigenvalue weighted by molar-refractivity contribution is 5.67. The van der Waals surface area contributed by atoms with Crippen LogP contribution >= 0.6 is 0 Å². The highest BCUT2D eigenvalue weighted by Crippen LogP contribution is 2.22. The summed E-state index contributed by atoms with van der Waals surface area (Å²) in [7, 11) is 1.49. The molecule has 2 aromatic carbocycles. The predicted molar refractivity (Wildman–Crippen MR) is 103 cm³/mol. The zero-order chi connectivity index (χ0) is 19.8. The molecule has 0 aromatic heterocycles. The maximum absolute atomic E-state index is 13.9. The van der Waals surface area contributed by atoms with Crippen LogP contribution in [0.5, 0.6) is 11.5 Å². The molecular weight excluding hydrogens is 363 g/mol. The highest BCUT2D eigenvalue weighted by atomic mass is 19.1. The molecule has 0 aliphatic carbocycles. The average Bonchev–Trinajstić information content (AvgIpc) is 2.74. The lowest BCUT2D eigenvalue weighted by Crippen LogP contribution is -2.53. The molecule has 0 radical (unpaired) electrons. The average molecular weight is 388 g/mol. The largest absolute Gasteiger partial charge is 0.497 e. The summed E-state index contributed by atoms with van der Waals surface area (Å²) in [6.07, 6.45) is 0.325. The number of nitrogens with one attached hydrogen (secondary N) is 1. The smallest absolute Gasteiger partial charge is 0.410 e. The van der Waals surface area contributed by atoms with Crippen molar-refractivity contribution in [1.29, 1.82) is 0 Å². The van der Waals surface area contributed by atoms with Gasteiger partial charge in [-0.3, -0.25) is 0 Å². The Morgan fingerprint density at radius 3 is 2.82 bits per heavy atom. The topological polar surface area (TPSA) is 60.0 Å². The molecule has 1 heterocycles. The van der Waals surface area contributed by atoms with Gasteiger partial charge < -0.3 is 24.4 Å². The maximum Gasteiger partial charge on any atom is 0.410 e. The van der Waals surface area contributed by atoms with Crippen molar-refractivity contribution in [3.8, 4) is 11.5 Å². The van der Waals surface area contributed by atoms with Crippen LogP contribution in [-0.2, 0) is 11.3 Å². The number of nitrogens with zero attached hydrogens (tertiary/aromatic N) is 1. The zero-order valence-corrected chi connectivity index (χ0v) is 15.9. The summed E-state index contributed by atoms with van der Waals surface area (Å²) >= 11 is 0. The number of benzene rings is 2. The van der Waals surface area contributed by atoms with Gasteiger partial charge in [0.25, 0.3) is 0 Å². The van der Waals surface area contributed by atoms with E-state index in [2.05, 4.69) is 5.32 Å². The summed E-state index contributed by atoms with van der Waals surface area (Å²) in [4.78, 5) is 14.0. The lowest BCUT2D eigenvalue weighted by Gasteiger charge is -2.33. The number of amides is 1. The van der Waals surface area contributed by atoms with Gasteiger partial charge in [0.05, 0.1) is 13.7 Å². The Morgan fingerprint density at radius 1 is 1.25 bits per heavy atom. The van der Waals surface area contributed by atoms with Crippen molar-refractivity contribution in [2.24, 2.45) is 0 Å². The van der Waals surface area contributed by atoms with Crippen LogP contribution in [0.2, 0.25) is 0 Å². The number of hydrogen-bond donors (Lipinski definition) is 1. The molecule has 1 fully saturated rings. The summed E-state index contributed by atoms with van der Waals surface area (Å²) in [6.45, 7) is 2.41. The van der Waals surface area contributed by atoms with E-state index >= 15 is 0 Å². The zero-order valence-electron chi connectivity index (χ0n) is 15.9. The first kappa shape index (κ1) is 19.9. The molecule has 1 aliphatic rings. The molecule has 6 nitrogen and oxygen atoms in total. The highest BCUT2D eigenvalue weighted by Gasteiger charge is 2.24. The SMILES string of the molecule is COc1ccc(OCC[C@@H]2CN(C(=O)OCc3ccccc3)CCN2)c(F)c1. The van der Waals surface area contributed by atoms with Gasteiger partial charge in [0, 0.05) is 31.7 Å². The lowest BCUT2D eigenvalue weighted by atomic mass is 10.1. The summed E-state index contributed by atoms with van der Waals surface area (Å²) in [6, 6.07) is 14.2. The van der Waals surface area contributed by atoms with Gasteiger partial charge in [0.2, 0.25) is 0 Å². The van der Waals surface area contributed by atoms with E-state index in [0.717, 1.165) is 5.56 Å². The number of methoxy groups -OCH3 is 1. The molecule has 1 saturated heterocycles. The molecule has 1 N–H and O–H groups in total. The molecule has 1 atom stereocenters. The maximum atomic E-state index is 13.9. The van der Waals surface area contributed by atoms with E-state index in [9.17, 15) is 9.18 Å². The fourth-order valence-electron chi connectivity index (χ4n) is 3.03. The first-order valence-corrected chi connectivity index (χ1v) is 9.31. The van der Waals surface area contributed by atoms with Crippen LogP contribution in [0.15, 0.2) is 48.5 Å². The van der Waals surface area contributed by atoms with Crippen molar-refractivity contribution in [2.45, 2.75) is 19.1 Å². The molecule has 2 aromatic rings. The number of rotatable bonds is 7. The van der Waals surface area contributed by atoms with E-state index < -0.39 is 5.82 Å². The van der Waals surface area contributed by atoms with E-state index in [1.165, 1.54) is 13.2 Å². The molecule has 1 aliphatic heterocycles. The molecule has 7 heteroatoms. The van der Waals surface area contributed by atoms with Crippen LogP contribution in [0.4, 0.5) is 9.18 Å². The fraction of sp³-hybridized carbons (Fsp3) is 0.381. The van der Waals surface area contributed by atoms with Gasteiger partial charge in [-0.05, 0) is 24.1 Å². The Morgan fingerprint density at radius 2 is 2.07 bits per heavy atom. The standard InChI is InChI=1S/C21H25FN2O4/c1-26-18-7-8-20(19(22)13-18)27-12-9-17-14-24(11-10-23-17)21(25)28-15-16-5-3-2-4-6-16/h2-8,13,17,23H,9-12,14-15H2,1H3/t17-/m1/s1. The van der Waals surface area contributed by atoms with Gasteiger partial charge in [-0.2, -0.15) is 0 Å². The number of ether oxygens (including phenoxy) is 3. The Balaban J connectivity index is 1.42. The summed E-state index contributed by atoms with van der Waals surface area (Å²) in [5, 5.41) is 3.35. The lowest BCUT2D eigenvalue weighted by molar-refractivity contribution is 0.0826. The van der Waals surface area contributed by atoms with Crippen molar-refractivity contribution < 1.29 is 23.4 Å². The monoisotopic (exact) mass is 388 g/mol. The summed E-state index contributed by atoms with van der Waals surface area (Å²) < 4.78 is 29.8. The van der Waals surface area contributed by atoms with Crippen LogP contribution < -0.4 is 14.8 Å². The molecule has 150 valence electrons. The number of carbonyl (C=O) groups is 1. The van der Waals surface area contributed by atoms with Crippen LogP contribution in [0.3, 0.4) is 0 Å². The minimum absolute atomic E-state index is 0.0688. The third-order valence-electron chi connectivity index (χ3n) is 4.58. The van der Waals surface area contributed by atoms with Gasteiger partial charge in [0.15, 0.2) is 11.6 Å². The fourth-order valence-corrected chi connectivity index (χ4v) is 3.03. The van der Waals surface area contributed by atoms with Crippen LogP contribution in [-0.4, -0.2) is 50.4 Å². The number of piperazine rings is 1.